The predicted molar refractivity (Wildman–Crippen MR) is 138 cm³/mol. The number of unbranched alkanes of at least 4 members (excludes halogenated alkanes) is 2. The maximum absolute atomic E-state index is 12.8. The van der Waals surface area contributed by atoms with E-state index in [4.69, 9.17) is 19.7 Å². The molecule has 0 aromatic heterocycles. The van der Waals surface area contributed by atoms with Crippen LogP contribution in [0.4, 0.5) is 5.69 Å². The molecule has 35 heavy (non-hydrogen) atoms. The molecule has 4 N–H and O–H groups in total. The number of aliphatic hydroxyl groups is 2. The fourth-order valence-electron chi connectivity index (χ4n) is 3.25. The van der Waals surface area contributed by atoms with E-state index in [-0.39, 0.29) is 58.3 Å². The van der Waals surface area contributed by atoms with Gasteiger partial charge in [-0.1, -0.05) is 38.8 Å². The number of anilines is 1. The summed E-state index contributed by atoms with van der Waals surface area (Å²) in [5.41, 5.74) is 1.85. The van der Waals surface area contributed by atoms with Crippen LogP contribution in [0.5, 0.6) is 0 Å². The summed E-state index contributed by atoms with van der Waals surface area (Å²) in [5, 5.41) is 22.9. The Hall–Kier alpha value is -2.46. The number of nitrogens with one attached hydrogen (secondary N) is 2. The van der Waals surface area contributed by atoms with Crippen LogP contribution >= 0.6 is 0 Å². The standard InChI is InChI=1S/C26H43N3O6/c1-3-5-13-29(14-6-4-2)23-9-7-22(8-10-23)21-24(25(32)27-11-17-34-19-15-30)26(33)28-12-18-35-20-16-31/h7-10,21,30-31H,3-6,11-20H2,1-2H3,(H,27,32)(H,28,33). The van der Waals surface area contributed by atoms with Crippen LogP contribution in [0.25, 0.3) is 6.08 Å². The van der Waals surface area contributed by atoms with Crippen molar-refractivity contribution in [1.82, 2.24) is 10.6 Å². The maximum Gasteiger partial charge on any atom is 0.256 e. The van der Waals surface area contributed by atoms with E-state index in [1.165, 1.54) is 0 Å². The predicted octanol–water partition coefficient (Wildman–Crippen LogP) is 1.73. The molecule has 0 fully saturated rings. The number of nitrogens with zero attached hydrogens (tertiary/aromatic N) is 1. The highest BCUT2D eigenvalue weighted by atomic mass is 16.5. The normalized spacial score (nSPS) is 10.6. The van der Waals surface area contributed by atoms with Gasteiger partial charge in [-0.2, -0.15) is 0 Å². The molecule has 1 rings (SSSR count). The molecule has 0 saturated heterocycles. The number of amides is 2. The molecule has 1 aromatic carbocycles. The molecule has 9 heteroatoms. The molecular formula is C26H43N3O6. The van der Waals surface area contributed by atoms with Gasteiger partial charge in [-0.25, -0.2) is 0 Å². The molecule has 0 saturated carbocycles. The second-order valence-electron chi connectivity index (χ2n) is 8.03. The molecule has 198 valence electrons. The maximum atomic E-state index is 12.8. The summed E-state index contributed by atoms with van der Waals surface area (Å²) >= 11 is 0. The van der Waals surface area contributed by atoms with E-state index in [0.29, 0.717) is 0 Å². The van der Waals surface area contributed by atoms with Gasteiger partial charge >= 0.3 is 0 Å². The minimum absolute atomic E-state index is 0.0177. The van der Waals surface area contributed by atoms with Gasteiger partial charge in [-0.15, -0.1) is 0 Å². The molecule has 0 bridgehead atoms. The smallest absolute Gasteiger partial charge is 0.256 e. The van der Waals surface area contributed by atoms with Crippen LogP contribution in [-0.4, -0.2) is 87.8 Å². The van der Waals surface area contributed by atoms with Gasteiger partial charge in [0.15, 0.2) is 0 Å². The number of hydrogen-bond donors (Lipinski definition) is 4. The van der Waals surface area contributed by atoms with Crippen LogP contribution < -0.4 is 15.5 Å². The van der Waals surface area contributed by atoms with Gasteiger partial charge in [-0.3, -0.25) is 9.59 Å². The number of hydrogen-bond acceptors (Lipinski definition) is 7. The highest BCUT2D eigenvalue weighted by molar-refractivity contribution is 6.21. The van der Waals surface area contributed by atoms with E-state index in [0.717, 1.165) is 50.0 Å². The van der Waals surface area contributed by atoms with Gasteiger partial charge in [0.05, 0.1) is 39.6 Å². The summed E-state index contributed by atoms with van der Waals surface area (Å²) < 4.78 is 10.3. The van der Waals surface area contributed by atoms with Gasteiger partial charge in [-0.05, 0) is 36.6 Å². The zero-order chi connectivity index (χ0) is 25.7. The minimum Gasteiger partial charge on any atom is -0.394 e. The first-order chi connectivity index (χ1) is 17.1. The Morgan fingerprint density at radius 2 is 1.31 bits per heavy atom. The first kappa shape index (κ1) is 30.6. The Labute approximate surface area is 209 Å². The largest absolute Gasteiger partial charge is 0.394 e. The summed E-state index contributed by atoms with van der Waals surface area (Å²) in [6, 6.07) is 7.87. The first-order valence-electron chi connectivity index (χ1n) is 12.6. The van der Waals surface area contributed by atoms with E-state index < -0.39 is 11.8 Å². The number of carbonyl (C=O) groups excluding carboxylic acids is 2. The Morgan fingerprint density at radius 1 is 0.829 bits per heavy atom. The SMILES string of the molecule is CCCCN(CCCC)c1ccc(C=C(C(=O)NCCOCCO)C(=O)NCCOCCO)cc1. The third-order valence-corrected chi connectivity index (χ3v) is 5.16. The van der Waals surface area contributed by atoms with E-state index in [2.05, 4.69) is 29.4 Å². The molecule has 1 aromatic rings. The van der Waals surface area contributed by atoms with Gasteiger partial charge in [0.2, 0.25) is 0 Å². The molecule has 0 heterocycles. The quantitative estimate of drug-likeness (QED) is 0.0945. The molecule has 0 atom stereocenters. The minimum atomic E-state index is -0.511. The zero-order valence-corrected chi connectivity index (χ0v) is 21.3. The molecule has 0 aliphatic carbocycles. The van der Waals surface area contributed by atoms with Crippen molar-refractivity contribution >= 4 is 23.6 Å². The fourth-order valence-corrected chi connectivity index (χ4v) is 3.25. The van der Waals surface area contributed by atoms with Crippen LogP contribution in [-0.2, 0) is 19.1 Å². The number of rotatable bonds is 20. The lowest BCUT2D eigenvalue weighted by molar-refractivity contribution is -0.123. The lowest BCUT2D eigenvalue weighted by Gasteiger charge is -2.24. The van der Waals surface area contributed by atoms with Gasteiger partial charge in [0, 0.05) is 31.9 Å². The Balaban J connectivity index is 2.94. The average molecular weight is 494 g/mol. The molecule has 0 spiro atoms. The third-order valence-electron chi connectivity index (χ3n) is 5.16. The van der Waals surface area contributed by atoms with Crippen molar-refractivity contribution in [3.05, 3.63) is 35.4 Å². The number of ether oxygens (including phenoxy) is 2. The van der Waals surface area contributed by atoms with Crippen LogP contribution in [0.2, 0.25) is 0 Å². The van der Waals surface area contributed by atoms with Crippen LogP contribution in [0.1, 0.15) is 45.1 Å². The summed E-state index contributed by atoms with van der Waals surface area (Å²) in [6.45, 7) is 7.44. The molecule has 9 nitrogen and oxygen atoms in total. The zero-order valence-electron chi connectivity index (χ0n) is 21.3. The lowest BCUT2D eigenvalue weighted by atomic mass is 10.1. The van der Waals surface area contributed by atoms with Crippen molar-refractivity contribution < 1.29 is 29.3 Å². The molecule has 0 aliphatic heterocycles. The molecule has 0 radical (unpaired) electrons. The summed E-state index contributed by atoms with van der Waals surface area (Å²) in [5.74, 6) is -1.02. The highest BCUT2D eigenvalue weighted by Crippen LogP contribution is 2.19. The number of benzene rings is 1. The Morgan fingerprint density at radius 3 is 1.74 bits per heavy atom. The van der Waals surface area contributed by atoms with Gasteiger partial charge in [0.1, 0.15) is 5.57 Å². The molecular weight excluding hydrogens is 450 g/mol. The van der Waals surface area contributed by atoms with Crippen molar-refractivity contribution in [2.45, 2.75) is 39.5 Å². The van der Waals surface area contributed by atoms with Crippen LogP contribution in [0.3, 0.4) is 0 Å². The van der Waals surface area contributed by atoms with E-state index in [1.54, 1.807) is 6.08 Å². The van der Waals surface area contributed by atoms with Gasteiger partial charge in [0.25, 0.3) is 11.8 Å². The van der Waals surface area contributed by atoms with Crippen LogP contribution in [0, 0.1) is 0 Å². The van der Waals surface area contributed by atoms with Crippen LogP contribution in [0.15, 0.2) is 29.8 Å². The molecule has 0 unspecified atom stereocenters. The average Bonchev–Trinajstić information content (AvgIpc) is 2.87. The second-order valence-corrected chi connectivity index (χ2v) is 8.03. The van der Waals surface area contributed by atoms with Crippen molar-refractivity contribution in [1.29, 1.82) is 0 Å². The monoisotopic (exact) mass is 493 g/mol. The van der Waals surface area contributed by atoms with Gasteiger partial charge < -0.3 is 35.2 Å². The number of carbonyl (C=O) groups is 2. The molecule has 2 amide bonds. The summed E-state index contributed by atoms with van der Waals surface area (Å²) in [4.78, 5) is 27.9. The van der Waals surface area contributed by atoms with Crippen molar-refractivity contribution in [2.24, 2.45) is 0 Å². The van der Waals surface area contributed by atoms with E-state index >= 15 is 0 Å². The number of aliphatic hydroxyl groups excluding tert-OH is 2. The summed E-state index contributed by atoms with van der Waals surface area (Å²) in [7, 11) is 0. The topological polar surface area (TPSA) is 120 Å². The Kier molecular flexibility index (Phi) is 17.3. The highest BCUT2D eigenvalue weighted by Gasteiger charge is 2.18. The van der Waals surface area contributed by atoms with Crippen molar-refractivity contribution in [3.8, 4) is 0 Å². The van der Waals surface area contributed by atoms with Crippen molar-refractivity contribution in [2.75, 3.05) is 70.7 Å². The first-order valence-corrected chi connectivity index (χ1v) is 12.6. The lowest BCUT2D eigenvalue weighted by Crippen LogP contribution is -2.37. The fraction of sp³-hybridized carbons (Fsp3) is 0.615. The van der Waals surface area contributed by atoms with E-state index in [1.807, 2.05) is 24.3 Å². The third kappa shape index (κ3) is 13.3. The van der Waals surface area contributed by atoms with Crippen molar-refractivity contribution in [3.63, 3.8) is 0 Å². The Bertz CT molecular complexity index is 703. The van der Waals surface area contributed by atoms with E-state index in [9.17, 15) is 9.59 Å². The summed E-state index contributed by atoms with van der Waals surface area (Å²) in [6.07, 6.45) is 6.08. The second kappa shape index (κ2) is 19.8. The molecule has 0 aliphatic rings.